The molecule has 6 rings (SSSR count). The summed E-state index contributed by atoms with van der Waals surface area (Å²) in [4.78, 5) is 2.39. The summed E-state index contributed by atoms with van der Waals surface area (Å²) < 4.78 is 5.93. The zero-order chi connectivity index (χ0) is 19.1. The zero-order valence-corrected chi connectivity index (χ0v) is 17.5. The van der Waals surface area contributed by atoms with E-state index in [0.717, 1.165) is 49.1 Å². The van der Waals surface area contributed by atoms with Crippen LogP contribution < -0.4 is 4.74 Å². The number of hydrogen-bond donors (Lipinski definition) is 1. The first-order valence-corrected chi connectivity index (χ1v) is 11.7. The molecule has 3 nitrogen and oxygen atoms in total. The molecule has 154 valence electrons. The van der Waals surface area contributed by atoms with E-state index in [9.17, 15) is 5.11 Å². The number of ether oxygens (including phenoxy) is 1. The lowest BCUT2D eigenvalue weighted by Crippen LogP contribution is -2.48. The van der Waals surface area contributed by atoms with E-state index in [1.807, 2.05) is 0 Å². The van der Waals surface area contributed by atoms with Gasteiger partial charge in [-0.05, 0) is 105 Å². The molecule has 0 amide bonds. The van der Waals surface area contributed by atoms with E-state index in [1.54, 1.807) is 5.56 Å². The van der Waals surface area contributed by atoms with Crippen molar-refractivity contribution in [3.8, 4) is 5.75 Å². The average Bonchev–Trinajstić information content (AvgIpc) is 2.66. The Morgan fingerprint density at radius 3 is 2.32 bits per heavy atom. The van der Waals surface area contributed by atoms with Gasteiger partial charge in [0.1, 0.15) is 18.5 Å². The number of hydrogen-bond acceptors (Lipinski definition) is 3. The zero-order valence-electron chi connectivity index (χ0n) is 17.5. The van der Waals surface area contributed by atoms with Crippen molar-refractivity contribution < 1.29 is 9.84 Å². The van der Waals surface area contributed by atoms with E-state index in [-0.39, 0.29) is 0 Å². The SMILES string of the molecule is CC1CCCN(CC(O)COc2ccc(C34CC5CC(CC(C5)C3)C4)cc2)C1. The second kappa shape index (κ2) is 7.65. The van der Waals surface area contributed by atoms with Gasteiger partial charge in [0.2, 0.25) is 0 Å². The first kappa shape index (κ1) is 18.9. The van der Waals surface area contributed by atoms with Crippen molar-refractivity contribution in [1.29, 1.82) is 0 Å². The fourth-order valence-corrected chi connectivity index (χ4v) is 7.36. The van der Waals surface area contributed by atoms with E-state index in [0.29, 0.717) is 12.0 Å². The number of β-amino-alcohol motifs (C(OH)–C–C–N with tert-alkyl or cyclic N) is 1. The predicted octanol–water partition coefficient (Wildman–Crippen LogP) is 4.63. The van der Waals surface area contributed by atoms with Gasteiger partial charge in [0.05, 0.1) is 0 Å². The van der Waals surface area contributed by atoms with Crippen LogP contribution in [0.3, 0.4) is 0 Å². The number of benzene rings is 1. The van der Waals surface area contributed by atoms with Gasteiger partial charge in [0.15, 0.2) is 0 Å². The summed E-state index contributed by atoms with van der Waals surface area (Å²) in [7, 11) is 0. The summed E-state index contributed by atoms with van der Waals surface area (Å²) >= 11 is 0. The molecule has 1 aromatic carbocycles. The number of rotatable bonds is 6. The monoisotopic (exact) mass is 383 g/mol. The number of aliphatic hydroxyl groups excluding tert-OH is 1. The van der Waals surface area contributed by atoms with E-state index < -0.39 is 6.10 Å². The maximum absolute atomic E-state index is 10.4. The van der Waals surface area contributed by atoms with Crippen LogP contribution >= 0.6 is 0 Å². The fraction of sp³-hybridized carbons (Fsp3) is 0.760. The second-order valence-corrected chi connectivity index (χ2v) is 10.7. The minimum Gasteiger partial charge on any atom is -0.491 e. The van der Waals surface area contributed by atoms with Gasteiger partial charge in [-0.1, -0.05) is 19.1 Å². The lowest BCUT2D eigenvalue weighted by Gasteiger charge is -2.57. The van der Waals surface area contributed by atoms with E-state index in [4.69, 9.17) is 4.74 Å². The Morgan fingerprint density at radius 2 is 1.71 bits per heavy atom. The molecule has 28 heavy (non-hydrogen) atoms. The largest absolute Gasteiger partial charge is 0.491 e. The van der Waals surface area contributed by atoms with Gasteiger partial charge in [-0.3, -0.25) is 0 Å². The van der Waals surface area contributed by atoms with E-state index in [2.05, 4.69) is 36.1 Å². The van der Waals surface area contributed by atoms with Gasteiger partial charge in [-0.25, -0.2) is 0 Å². The molecule has 1 aliphatic heterocycles. The molecule has 0 radical (unpaired) electrons. The Morgan fingerprint density at radius 1 is 1.07 bits per heavy atom. The second-order valence-electron chi connectivity index (χ2n) is 10.7. The Kier molecular flexibility index (Phi) is 5.17. The third kappa shape index (κ3) is 3.85. The van der Waals surface area contributed by atoms with Gasteiger partial charge in [-0.2, -0.15) is 0 Å². The van der Waals surface area contributed by atoms with Gasteiger partial charge in [0, 0.05) is 13.1 Å². The molecule has 1 N–H and O–H groups in total. The Labute approximate surface area is 170 Å². The summed E-state index contributed by atoms with van der Waals surface area (Å²) in [5.41, 5.74) is 2.00. The molecule has 0 spiro atoms. The molecule has 1 saturated heterocycles. The van der Waals surface area contributed by atoms with Gasteiger partial charge in [-0.15, -0.1) is 0 Å². The van der Waals surface area contributed by atoms with Gasteiger partial charge in [0.25, 0.3) is 0 Å². The van der Waals surface area contributed by atoms with Crippen molar-refractivity contribution in [2.75, 3.05) is 26.2 Å². The molecule has 4 bridgehead atoms. The molecule has 1 heterocycles. The Balaban J connectivity index is 1.16. The molecule has 2 atom stereocenters. The van der Waals surface area contributed by atoms with Crippen LogP contribution in [0.2, 0.25) is 0 Å². The average molecular weight is 384 g/mol. The third-order valence-electron chi connectivity index (χ3n) is 8.16. The molecule has 5 aliphatic rings. The summed E-state index contributed by atoms with van der Waals surface area (Å²) in [6.45, 7) is 5.65. The summed E-state index contributed by atoms with van der Waals surface area (Å²) in [5.74, 6) is 4.60. The summed E-state index contributed by atoms with van der Waals surface area (Å²) in [6.07, 6.45) is 10.9. The molecule has 0 aromatic heterocycles. The molecular formula is C25H37NO2. The minimum absolute atomic E-state index is 0.390. The van der Waals surface area contributed by atoms with Crippen molar-refractivity contribution in [2.45, 2.75) is 69.8 Å². The normalized spacial score (nSPS) is 38.5. The lowest BCUT2D eigenvalue weighted by atomic mass is 9.48. The highest BCUT2D eigenvalue weighted by Crippen LogP contribution is 2.60. The van der Waals surface area contributed by atoms with Gasteiger partial charge < -0.3 is 14.7 Å². The van der Waals surface area contributed by atoms with Crippen LogP contribution in [0.5, 0.6) is 5.75 Å². The minimum atomic E-state index is -0.409. The predicted molar refractivity (Wildman–Crippen MR) is 113 cm³/mol. The third-order valence-corrected chi connectivity index (χ3v) is 8.16. The maximum atomic E-state index is 10.4. The van der Waals surface area contributed by atoms with Crippen LogP contribution in [0.15, 0.2) is 24.3 Å². The smallest absolute Gasteiger partial charge is 0.119 e. The molecule has 4 saturated carbocycles. The number of nitrogens with zero attached hydrogens (tertiary/aromatic N) is 1. The lowest BCUT2D eigenvalue weighted by molar-refractivity contribution is -0.00522. The first-order valence-electron chi connectivity index (χ1n) is 11.7. The molecule has 1 aromatic rings. The fourth-order valence-electron chi connectivity index (χ4n) is 7.36. The summed E-state index contributed by atoms with van der Waals surface area (Å²) in [6, 6.07) is 8.93. The van der Waals surface area contributed by atoms with Crippen molar-refractivity contribution in [3.05, 3.63) is 29.8 Å². The van der Waals surface area contributed by atoms with Crippen molar-refractivity contribution in [1.82, 2.24) is 4.90 Å². The van der Waals surface area contributed by atoms with Crippen LogP contribution in [0.4, 0.5) is 0 Å². The first-order chi connectivity index (χ1) is 13.6. The quantitative estimate of drug-likeness (QED) is 0.778. The standard InChI is InChI=1S/C25H37NO2/c1-18-3-2-8-26(15-18)16-23(27)17-28-24-6-4-22(5-7-24)25-12-19-9-20(13-25)11-21(10-19)14-25/h4-7,18-21,23,27H,2-3,8-17H2,1H3. The molecule has 5 fully saturated rings. The van der Waals surface area contributed by atoms with Crippen molar-refractivity contribution in [2.24, 2.45) is 23.7 Å². The summed E-state index contributed by atoms with van der Waals surface area (Å²) in [5, 5.41) is 10.4. The van der Waals surface area contributed by atoms with Crippen LogP contribution in [0.1, 0.15) is 63.9 Å². The van der Waals surface area contributed by atoms with Crippen LogP contribution in [0.25, 0.3) is 0 Å². The highest BCUT2D eigenvalue weighted by atomic mass is 16.5. The van der Waals surface area contributed by atoms with Crippen LogP contribution in [-0.2, 0) is 5.41 Å². The Hall–Kier alpha value is -1.06. The van der Waals surface area contributed by atoms with Crippen LogP contribution in [0, 0.1) is 23.7 Å². The topological polar surface area (TPSA) is 32.7 Å². The maximum Gasteiger partial charge on any atom is 0.119 e. The highest BCUT2D eigenvalue weighted by Gasteiger charge is 2.51. The van der Waals surface area contributed by atoms with Gasteiger partial charge >= 0.3 is 0 Å². The molecular weight excluding hydrogens is 346 g/mol. The number of likely N-dealkylation sites (tertiary alicyclic amines) is 1. The van der Waals surface area contributed by atoms with E-state index in [1.165, 1.54) is 51.4 Å². The molecule has 3 heteroatoms. The van der Waals surface area contributed by atoms with Crippen molar-refractivity contribution in [3.63, 3.8) is 0 Å². The highest BCUT2D eigenvalue weighted by molar-refractivity contribution is 5.34. The Bertz CT molecular complexity index is 634. The molecule has 4 aliphatic carbocycles. The van der Waals surface area contributed by atoms with Crippen molar-refractivity contribution >= 4 is 0 Å². The van der Waals surface area contributed by atoms with E-state index >= 15 is 0 Å². The number of piperidine rings is 1. The van der Waals surface area contributed by atoms with Crippen LogP contribution in [-0.4, -0.2) is 42.4 Å². The molecule has 2 unspecified atom stereocenters. The number of aliphatic hydroxyl groups is 1.